The van der Waals surface area contributed by atoms with Gasteiger partial charge in [0, 0.05) is 0 Å². The number of amides is 1. The van der Waals surface area contributed by atoms with Crippen LogP contribution in [0.25, 0.3) is 6.08 Å². The number of thioether (sulfide) groups is 1. The molecular formula is C11H9NO2S2. The average Bonchev–Trinajstić information content (AvgIpc) is 2.78. The Morgan fingerprint density at radius 3 is 3.00 bits per heavy atom. The van der Waals surface area contributed by atoms with Crippen molar-refractivity contribution in [2.24, 2.45) is 0 Å². The number of hydrogen-bond acceptors (Lipinski definition) is 4. The third-order valence-corrected chi connectivity index (χ3v) is 3.08. The summed E-state index contributed by atoms with van der Waals surface area (Å²) in [6, 6.07) is 3.67. The van der Waals surface area contributed by atoms with Crippen LogP contribution in [0.1, 0.15) is 12.7 Å². The van der Waals surface area contributed by atoms with Gasteiger partial charge in [-0.05, 0) is 36.8 Å². The zero-order chi connectivity index (χ0) is 11.5. The van der Waals surface area contributed by atoms with E-state index in [-0.39, 0.29) is 5.91 Å². The van der Waals surface area contributed by atoms with Crippen molar-refractivity contribution in [3.8, 4) is 0 Å². The topological polar surface area (TPSA) is 42.2 Å². The van der Waals surface area contributed by atoms with Crippen molar-refractivity contribution in [1.82, 2.24) is 5.32 Å². The van der Waals surface area contributed by atoms with Crippen LogP contribution in [0.4, 0.5) is 0 Å². The molecule has 0 aliphatic carbocycles. The molecule has 0 spiro atoms. The Bertz CT molecular complexity index is 486. The maximum absolute atomic E-state index is 11.4. The third-order valence-electron chi connectivity index (χ3n) is 1.91. The summed E-state index contributed by atoms with van der Waals surface area (Å²) in [5.41, 5.74) is 0.942. The van der Waals surface area contributed by atoms with Crippen molar-refractivity contribution in [2.45, 2.75) is 6.92 Å². The van der Waals surface area contributed by atoms with Crippen molar-refractivity contribution < 1.29 is 9.21 Å². The molecular weight excluding hydrogens is 242 g/mol. The minimum absolute atomic E-state index is 0.137. The van der Waals surface area contributed by atoms with E-state index in [0.29, 0.717) is 9.23 Å². The van der Waals surface area contributed by atoms with Crippen LogP contribution in [0.3, 0.4) is 0 Å². The summed E-state index contributed by atoms with van der Waals surface area (Å²) in [4.78, 5) is 12.0. The van der Waals surface area contributed by atoms with Crippen molar-refractivity contribution in [2.75, 3.05) is 0 Å². The lowest BCUT2D eigenvalue weighted by Crippen LogP contribution is -2.17. The van der Waals surface area contributed by atoms with Gasteiger partial charge in [0.15, 0.2) is 0 Å². The molecule has 0 aromatic carbocycles. The molecule has 0 bridgehead atoms. The predicted molar refractivity (Wildman–Crippen MR) is 68.8 cm³/mol. The molecule has 16 heavy (non-hydrogen) atoms. The molecule has 1 saturated heterocycles. The van der Waals surface area contributed by atoms with Crippen molar-refractivity contribution in [1.29, 1.82) is 0 Å². The van der Waals surface area contributed by atoms with Crippen LogP contribution in [0, 0.1) is 0 Å². The number of furan rings is 1. The highest BCUT2D eigenvalue weighted by molar-refractivity contribution is 8.26. The van der Waals surface area contributed by atoms with Crippen molar-refractivity contribution >= 4 is 40.3 Å². The van der Waals surface area contributed by atoms with E-state index >= 15 is 0 Å². The van der Waals surface area contributed by atoms with E-state index in [0.717, 1.165) is 11.3 Å². The number of carbonyl (C=O) groups is 1. The number of rotatable bonds is 2. The van der Waals surface area contributed by atoms with Gasteiger partial charge in [-0.25, -0.2) is 0 Å². The smallest absolute Gasteiger partial charge is 0.263 e. The molecule has 82 valence electrons. The van der Waals surface area contributed by atoms with Gasteiger partial charge in [0.05, 0.1) is 11.2 Å². The Morgan fingerprint density at radius 2 is 2.44 bits per heavy atom. The molecule has 1 amide bonds. The van der Waals surface area contributed by atoms with Crippen LogP contribution in [0.5, 0.6) is 0 Å². The average molecular weight is 251 g/mol. The summed E-state index contributed by atoms with van der Waals surface area (Å²) in [7, 11) is 0. The minimum Gasteiger partial charge on any atom is -0.465 e. The molecule has 3 nitrogen and oxygen atoms in total. The Hall–Kier alpha value is -1.33. The summed E-state index contributed by atoms with van der Waals surface area (Å²) in [5.74, 6) is 0.627. The minimum atomic E-state index is -0.137. The lowest BCUT2D eigenvalue weighted by atomic mass is 10.2. The summed E-state index contributed by atoms with van der Waals surface area (Å²) < 4.78 is 5.68. The largest absolute Gasteiger partial charge is 0.465 e. The van der Waals surface area contributed by atoms with Crippen molar-refractivity contribution in [3.63, 3.8) is 0 Å². The molecule has 0 atom stereocenters. The SMILES string of the molecule is CC(=C/c1ccco1)/C=C1/SC(=S)NC1=O. The Labute approximate surface area is 103 Å². The number of allylic oxidation sites excluding steroid dienone is 2. The summed E-state index contributed by atoms with van der Waals surface area (Å²) in [6.45, 7) is 1.91. The highest BCUT2D eigenvalue weighted by atomic mass is 32.2. The monoisotopic (exact) mass is 251 g/mol. The summed E-state index contributed by atoms with van der Waals surface area (Å²) in [5, 5.41) is 2.57. The van der Waals surface area contributed by atoms with Gasteiger partial charge in [-0.1, -0.05) is 24.0 Å². The Kier molecular flexibility index (Phi) is 3.26. The first-order valence-electron chi connectivity index (χ1n) is 4.62. The fourth-order valence-corrected chi connectivity index (χ4v) is 2.36. The van der Waals surface area contributed by atoms with E-state index in [4.69, 9.17) is 16.6 Å². The standard InChI is InChI=1S/C11H9NO2S2/c1-7(5-8-3-2-4-14-8)6-9-10(13)12-11(15)16-9/h2-6H,1H3,(H,12,13,15)/b7-5-,9-6+. The van der Waals surface area contributed by atoms with Gasteiger partial charge in [0.2, 0.25) is 0 Å². The number of hydrogen-bond donors (Lipinski definition) is 1. The van der Waals surface area contributed by atoms with E-state index in [1.54, 1.807) is 12.3 Å². The fraction of sp³-hybridized carbons (Fsp3) is 0.0909. The predicted octanol–water partition coefficient (Wildman–Crippen LogP) is 2.71. The lowest BCUT2D eigenvalue weighted by molar-refractivity contribution is -0.115. The quantitative estimate of drug-likeness (QED) is 0.648. The number of nitrogens with one attached hydrogen (secondary N) is 1. The molecule has 2 rings (SSSR count). The second-order valence-electron chi connectivity index (χ2n) is 3.26. The zero-order valence-corrected chi connectivity index (χ0v) is 10.2. The van der Waals surface area contributed by atoms with Crippen LogP contribution >= 0.6 is 24.0 Å². The molecule has 1 aromatic heterocycles. The maximum atomic E-state index is 11.4. The van der Waals surface area contributed by atoms with Crippen LogP contribution in [0.15, 0.2) is 39.4 Å². The van der Waals surface area contributed by atoms with Crippen molar-refractivity contribution in [3.05, 3.63) is 40.7 Å². The summed E-state index contributed by atoms with van der Waals surface area (Å²) in [6.07, 6.45) is 5.27. The molecule has 1 fully saturated rings. The third kappa shape index (κ3) is 2.62. The highest BCUT2D eigenvalue weighted by Gasteiger charge is 2.21. The molecule has 1 aromatic rings. The first kappa shape index (κ1) is 11.2. The van der Waals surface area contributed by atoms with E-state index in [2.05, 4.69) is 5.32 Å². The second-order valence-corrected chi connectivity index (χ2v) is 4.97. The zero-order valence-electron chi connectivity index (χ0n) is 8.52. The molecule has 2 heterocycles. The Balaban J connectivity index is 2.18. The first-order chi connectivity index (χ1) is 7.65. The normalized spacial score (nSPS) is 19.3. The van der Waals surface area contributed by atoms with Gasteiger partial charge in [0.25, 0.3) is 5.91 Å². The van der Waals surface area contributed by atoms with Gasteiger partial charge in [-0.2, -0.15) is 0 Å². The number of carbonyl (C=O) groups excluding carboxylic acids is 1. The number of thiocarbonyl (C=S) groups is 1. The molecule has 5 heteroatoms. The van der Waals surface area contributed by atoms with E-state index in [1.807, 2.05) is 25.1 Å². The molecule has 0 radical (unpaired) electrons. The fourth-order valence-electron chi connectivity index (χ4n) is 1.27. The van der Waals surface area contributed by atoms with Gasteiger partial charge in [0.1, 0.15) is 10.1 Å². The van der Waals surface area contributed by atoms with E-state index in [9.17, 15) is 4.79 Å². The van der Waals surface area contributed by atoms with E-state index in [1.165, 1.54) is 11.8 Å². The van der Waals surface area contributed by atoms with Crippen LogP contribution in [-0.4, -0.2) is 10.2 Å². The van der Waals surface area contributed by atoms with Crippen LogP contribution in [0.2, 0.25) is 0 Å². The van der Waals surface area contributed by atoms with E-state index < -0.39 is 0 Å². The second kappa shape index (κ2) is 4.67. The van der Waals surface area contributed by atoms with Gasteiger partial charge >= 0.3 is 0 Å². The van der Waals surface area contributed by atoms with Crippen LogP contribution < -0.4 is 5.32 Å². The molecule has 1 N–H and O–H groups in total. The maximum Gasteiger partial charge on any atom is 0.263 e. The van der Waals surface area contributed by atoms with Crippen LogP contribution in [-0.2, 0) is 4.79 Å². The summed E-state index contributed by atoms with van der Waals surface area (Å²) >= 11 is 6.17. The lowest BCUT2D eigenvalue weighted by Gasteiger charge is -1.93. The Morgan fingerprint density at radius 1 is 1.62 bits per heavy atom. The van der Waals surface area contributed by atoms with Gasteiger partial charge < -0.3 is 9.73 Å². The first-order valence-corrected chi connectivity index (χ1v) is 5.84. The highest BCUT2D eigenvalue weighted by Crippen LogP contribution is 2.25. The van der Waals surface area contributed by atoms with Gasteiger partial charge in [-0.15, -0.1) is 0 Å². The molecule has 0 saturated carbocycles. The molecule has 1 aliphatic rings. The molecule has 1 aliphatic heterocycles. The van der Waals surface area contributed by atoms with Gasteiger partial charge in [-0.3, -0.25) is 4.79 Å². The molecule has 0 unspecified atom stereocenters.